The Labute approximate surface area is 245 Å². The van der Waals surface area contributed by atoms with Gasteiger partial charge in [-0.3, -0.25) is 10.00 Å². The Morgan fingerprint density at radius 2 is 1.86 bits per heavy atom. The van der Waals surface area contributed by atoms with Crippen molar-refractivity contribution in [3.8, 4) is 17.0 Å². The molecule has 42 heavy (non-hydrogen) atoms. The van der Waals surface area contributed by atoms with Crippen molar-refractivity contribution in [3.05, 3.63) is 77.5 Å². The van der Waals surface area contributed by atoms with Gasteiger partial charge < -0.3 is 15.3 Å². The molecule has 11 heteroatoms. The number of carbonyl (C=O) groups excluding carboxylic acids is 1. The van der Waals surface area contributed by atoms with Crippen molar-refractivity contribution in [2.24, 2.45) is 0 Å². The number of halogens is 2. The summed E-state index contributed by atoms with van der Waals surface area (Å²) in [5.74, 6) is -1.09. The smallest absolute Gasteiger partial charge is 0.325 e. The minimum Gasteiger partial charge on any atom is -0.506 e. The Balaban J connectivity index is 1.39. The molecule has 0 radical (unpaired) electrons. The summed E-state index contributed by atoms with van der Waals surface area (Å²) in [6, 6.07) is 14.0. The van der Waals surface area contributed by atoms with E-state index in [-0.39, 0.29) is 17.6 Å². The molecule has 0 saturated heterocycles. The number of carbonyl (C=O) groups is 1. The van der Waals surface area contributed by atoms with Crippen LogP contribution in [0.4, 0.5) is 35.8 Å². The highest BCUT2D eigenvalue weighted by molar-refractivity contribution is 7.22. The number of aromatic nitrogens is 3. The summed E-state index contributed by atoms with van der Waals surface area (Å²) in [7, 11) is 0. The van der Waals surface area contributed by atoms with E-state index < -0.39 is 17.3 Å². The number of nitrogens with one attached hydrogen (secondary N) is 2. The highest BCUT2D eigenvalue weighted by Gasteiger charge is 2.42. The molecule has 216 valence electrons. The summed E-state index contributed by atoms with van der Waals surface area (Å²) >= 11 is 1.17. The molecule has 0 unspecified atom stereocenters. The van der Waals surface area contributed by atoms with Gasteiger partial charge in [-0.2, -0.15) is 5.10 Å². The molecule has 2 aromatic heterocycles. The van der Waals surface area contributed by atoms with Gasteiger partial charge in [0.1, 0.15) is 17.4 Å². The van der Waals surface area contributed by atoms with Crippen LogP contribution in [-0.4, -0.2) is 32.4 Å². The SMILES string of the molecule is Cc1cc(-c2c(F)cc(O)c3c2C(C)(C)CN3c2ccccc2NC(=O)Nc2nc3ccc(F)cc3s2)n(C(C)C)n1. The van der Waals surface area contributed by atoms with Crippen molar-refractivity contribution in [1.82, 2.24) is 14.8 Å². The molecular formula is C31H30F2N6O2S. The molecule has 0 bridgehead atoms. The van der Waals surface area contributed by atoms with Crippen LogP contribution in [0.15, 0.2) is 54.6 Å². The fourth-order valence-electron chi connectivity index (χ4n) is 5.68. The van der Waals surface area contributed by atoms with Crippen molar-refractivity contribution >= 4 is 49.8 Å². The lowest BCUT2D eigenvalue weighted by atomic mass is 9.82. The van der Waals surface area contributed by atoms with Gasteiger partial charge in [0.25, 0.3) is 0 Å². The lowest BCUT2D eigenvalue weighted by Gasteiger charge is -2.25. The molecule has 0 atom stereocenters. The molecule has 3 heterocycles. The number of rotatable bonds is 5. The minimum absolute atomic E-state index is 0.00365. The average molecular weight is 589 g/mol. The quantitative estimate of drug-likeness (QED) is 0.193. The fourth-order valence-corrected chi connectivity index (χ4v) is 6.57. The molecule has 8 nitrogen and oxygen atoms in total. The third-order valence-electron chi connectivity index (χ3n) is 7.35. The van der Waals surface area contributed by atoms with E-state index in [4.69, 9.17) is 0 Å². The predicted molar refractivity (Wildman–Crippen MR) is 163 cm³/mol. The Bertz CT molecular complexity index is 1860. The molecule has 5 aromatic rings. The topological polar surface area (TPSA) is 95.3 Å². The van der Waals surface area contributed by atoms with Crippen LogP contribution >= 0.6 is 11.3 Å². The van der Waals surface area contributed by atoms with Crippen LogP contribution < -0.4 is 15.5 Å². The Morgan fingerprint density at radius 1 is 1.10 bits per heavy atom. The normalized spacial score (nSPS) is 14.0. The number of aromatic hydroxyl groups is 1. The number of nitrogens with zero attached hydrogens (tertiary/aromatic N) is 4. The molecule has 3 N–H and O–H groups in total. The number of thiazole rings is 1. The number of benzene rings is 3. The van der Waals surface area contributed by atoms with Crippen LogP contribution in [0, 0.1) is 18.6 Å². The molecule has 6 rings (SSSR count). The molecule has 0 spiro atoms. The van der Waals surface area contributed by atoms with E-state index in [1.165, 1.54) is 23.5 Å². The van der Waals surface area contributed by atoms with E-state index in [1.54, 1.807) is 22.9 Å². The zero-order valence-corrected chi connectivity index (χ0v) is 24.6. The number of para-hydroxylation sites is 2. The summed E-state index contributed by atoms with van der Waals surface area (Å²) in [5.41, 5.74) is 4.10. The fraction of sp³-hybridized carbons (Fsp3) is 0.258. The first-order valence-electron chi connectivity index (χ1n) is 13.6. The lowest BCUT2D eigenvalue weighted by Crippen LogP contribution is -2.27. The van der Waals surface area contributed by atoms with Crippen LogP contribution in [0.1, 0.15) is 45.0 Å². The highest BCUT2D eigenvalue weighted by Crippen LogP contribution is 2.54. The first-order valence-corrected chi connectivity index (χ1v) is 14.4. The third-order valence-corrected chi connectivity index (χ3v) is 8.28. The van der Waals surface area contributed by atoms with Crippen LogP contribution in [0.2, 0.25) is 0 Å². The van der Waals surface area contributed by atoms with E-state index in [9.17, 15) is 14.3 Å². The first-order chi connectivity index (χ1) is 19.9. The van der Waals surface area contributed by atoms with Crippen molar-refractivity contribution in [2.75, 3.05) is 22.1 Å². The number of phenols is 1. The summed E-state index contributed by atoms with van der Waals surface area (Å²) in [5, 5.41) is 21.7. The van der Waals surface area contributed by atoms with Gasteiger partial charge in [-0.05, 0) is 62.7 Å². The Kier molecular flexibility index (Phi) is 6.64. The van der Waals surface area contributed by atoms with Crippen LogP contribution in [0.25, 0.3) is 21.5 Å². The maximum absolute atomic E-state index is 15.8. The monoisotopic (exact) mass is 588 g/mol. The van der Waals surface area contributed by atoms with Gasteiger partial charge >= 0.3 is 6.03 Å². The Hall–Kier alpha value is -4.51. The van der Waals surface area contributed by atoms with E-state index in [2.05, 4.69) is 20.7 Å². The van der Waals surface area contributed by atoms with Crippen LogP contribution in [0.5, 0.6) is 5.75 Å². The molecule has 0 saturated carbocycles. The zero-order chi connectivity index (χ0) is 29.9. The number of fused-ring (bicyclic) bond motifs is 2. The van der Waals surface area contributed by atoms with Gasteiger partial charge in [0.05, 0.1) is 38.7 Å². The second kappa shape index (κ2) is 10.1. The second-order valence-electron chi connectivity index (χ2n) is 11.4. The second-order valence-corrected chi connectivity index (χ2v) is 12.4. The summed E-state index contributed by atoms with van der Waals surface area (Å²) in [4.78, 5) is 19.3. The maximum Gasteiger partial charge on any atom is 0.325 e. The largest absolute Gasteiger partial charge is 0.506 e. The Morgan fingerprint density at radius 3 is 2.62 bits per heavy atom. The predicted octanol–water partition coefficient (Wildman–Crippen LogP) is 8.11. The van der Waals surface area contributed by atoms with E-state index >= 15 is 4.39 Å². The molecule has 3 aromatic carbocycles. The number of anilines is 4. The number of amides is 2. The van der Waals surface area contributed by atoms with Crippen molar-refractivity contribution < 1.29 is 18.7 Å². The van der Waals surface area contributed by atoms with Gasteiger partial charge in [-0.1, -0.05) is 37.3 Å². The van der Waals surface area contributed by atoms with E-state index in [1.807, 2.05) is 57.7 Å². The molecule has 0 fully saturated rings. The maximum atomic E-state index is 15.8. The summed E-state index contributed by atoms with van der Waals surface area (Å²) < 4.78 is 31.8. The summed E-state index contributed by atoms with van der Waals surface area (Å²) in [6.45, 7) is 10.3. The third kappa shape index (κ3) is 4.73. The number of urea groups is 1. The number of phenolic OH excluding ortho intramolecular Hbond substituents is 1. The van der Waals surface area contributed by atoms with Crippen molar-refractivity contribution in [3.63, 3.8) is 0 Å². The number of hydrogen-bond acceptors (Lipinski definition) is 6. The minimum atomic E-state index is -0.574. The molecule has 1 aliphatic heterocycles. The molecule has 0 aliphatic carbocycles. The molecule has 1 aliphatic rings. The van der Waals surface area contributed by atoms with E-state index in [0.717, 1.165) is 11.8 Å². The van der Waals surface area contributed by atoms with Gasteiger partial charge in [0, 0.05) is 29.6 Å². The zero-order valence-electron chi connectivity index (χ0n) is 23.8. The van der Waals surface area contributed by atoms with Crippen LogP contribution in [0.3, 0.4) is 0 Å². The van der Waals surface area contributed by atoms with Gasteiger partial charge in [0.2, 0.25) is 0 Å². The van der Waals surface area contributed by atoms with Crippen molar-refractivity contribution in [1.29, 1.82) is 0 Å². The average Bonchev–Trinajstić information content (AvgIpc) is 3.57. The van der Waals surface area contributed by atoms with Gasteiger partial charge in [-0.15, -0.1) is 0 Å². The highest BCUT2D eigenvalue weighted by atomic mass is 32.1. The molecular weight excluding hydrogens is 558 g/mol. The number of hydrogen-bond donors (Lipinski definition) is 3. The first kappa shape index (κ1) is 27.6. The standard InChI is InChI=1S/C31H30F2N6O2S/c1-16(2)39-23(12-17(3)37-39)26-19(33)14-24(40)28-27(26)31(4,5)15-38(28)22-9-7-6-8-20(22)34-29(41)36-30-35-21-11-10-18(32)13-25(21)42-30/h6-14,16,40H,15H2,1-5H3,(H2,34,35,36,41). The van der Waals surface area contributed by atoms with E-state index in [0.29, 0.717) is 55.8 Å². The van der Waals surface area contributed by atoms with Crippen LogP contribution in [-0.2, 0) is 5.41 Å². The molecule has 2 amide bonds. The lowest BCUT2D eigenvalue weighted by molar-refractivity contribution is 0.262. The number of aryl methyl sites for hydroxylation is 1. The van der Waals surface area contributed by atoms with Gasteiger partial charge in [-0.25, -0.2) is 18.6 Å². The van der Waals surface area contributed by atoms with Crippen molar-refractivity contribution in [2.45, 2.75) is 46.1 Å². The summed E-state index contributed by atoms with van der Waals surface area (Å²) in [6.07, 6.45) is 0. The van der Waals surface area contributed by atoms with Gasteiger partial charge in [0.15, 0.2) is 5.13 Å².